The second kappa shape index (κ2) is 7.83. The van der Waals surface area contributed by atoms with Gasteiger partial charge >= 0.3 is 11.9 Å². The van der Waals surface area contributed by atoms with Gasteiger partial charge in [-0.05, 0) is 19.4 Å². The number of halogens is 2. The van der Waals surface area contributed by atoms with Crippen LogP contribution in [-0.2, 0) is 9.47 Å². The molecule has 0 saturated heterocycles. The van der Waals surface area contributed by atoms with Crippen LogP contribution in [0.15, 0.2) is 30.3 Å². The third kappa shape index (κ3) is 3.65. The maximum absolute atomic E-state index is 13.5. The molecule has 7 heteroatoms. The number of carbonyl (C=O) groups excluding carboxylic acids is 2. The molecule has 2 aromatic rings. The number of benzene rings is 1. The van der Waals surface area contributed by atoms with E-state index in [9.17, 15) is 18.4 Å². The first-order valence-electron chi connectivity index (χ1n) is 7.55. The largest absolute Gasteiger partial charge is 0.465 e. The van der Waals surface area contributed by atoms with Gasteiger partial charge in [0.2, 0.25) is 0 Å². The quantitative estimate of drug-likeness (QED) is 0.765. The number of hydrogen-bond acceptors (Lipinski definition) is 5. The molecule has 0 atom stereocenters. The molecule has 5 nitrogen and oxygen atoms in total. The lowest BCUT2D eigenvalue weighted by atomic mass is 9.92. The van der Waals surface area contributed by atoms with Crippen molar-refractivity contribution in [1.29, 1.82) is 0 Å². The Kier molecular flexibility index (Phi) is 5.80. The molecular weight excluding hydrogens is 332 g/mol. The van der Waals surface area contributed by atoms with E-state index in [1.807, 2.05) is 0 Å². The summed E-state index contributed by atoms with van der Waals surface area (Å²) in [7, 11) is 1.17. The van der Waals surface area contributed by atoms with E-state index in [4.69, 9.17) is 9.47 Å². The summed E-state index contributed by atoms with van der Waals surface area (Å²) < 4.78 is 36.7. The van der Waals surface area contributed by atoms with Gasteiger partial charge in [0.05, 0.1) is 30.5 Å². The van der Waals surface area contributed by atoms with Crippen molar-refractivity contribution in [2.45, 2.75) is 20.3 Å². The predicted octanol–water partition coefficient (Wildman–Crippen LogP) is 3.96. The third-order valence-electron chi connectivity index (χ3n) is 3.54. The van der Waals surface area contributed by atoms with E-state index < -0.39 is 29.6 Å². The fourth-order valence-electron chi connectivity index (χ4n) is 2.54. The van der Waals surface area contributed by atoms with Crippen LogP contribution in [0.1, 0.15) is 45.5 Å². The molecule has 0 aliphatic carbocycles. The summed E-state index contributed by atoms with van der Waals surface area (Å²) in [5.74, 6) is -1.73. The lowest BCUT2D eigenvalue weighted by Crippen LogP contribution is -2.18. The van der Waals surface area contributed by atoms with Crippen LogP contribution in [0.5, 0.6) is 0 Å². The number of nitrogens with zero attached hydrogens (tertiary/aromatic N) is 1. The van der Waals surface area contributed by atoms with E-state index in [0.717, 1.165) is 0 Å². The molecular formula is C18H17F2NO4. The van der Waals surface area contributed by atoms with Crippen LogP contribution in [-0.4, -0.2) is 30.6 Å². The van der Waals surface area contributed by atoms with Gasteiger partial charge in [0.1, 0.15) is 5.69 Å². The highest BCUT2D eigenvalue weighted by Gasteiger charge is 2.31. The summed E-state index contributed by atoms with van der Waals surface area (Å²) in [4.78, 5) is 28.4. The molecule has 132 valence electrons. The minimum absolute atomic E-state index is 0.00280. The summed E-state index contributed by atoms with van der Waals surface area (Å²) in [6, 6.07) is 8.29. The highest BCUT2D eigenvalue weighted by atomic mass is 19.3. The van der Waals surface area contributed by atoms with E-state index in [2.05, 4.69) is 4.98 Å². The molecule has 0 N–H and O–H groups in total. The molecule has 0 spiro atoms. The number of pyridine rings is 1. The molecule has 0 amide bonds. The van der Waals surface area contributed by atoms with Crippen LogP contribution in [0.4, 0.5) is 8.78 Å². The first kappa shape index (κ1) is 18.5. The smallest absolute Gasteiger partial charge is 0.340 e. The Morgan fingerprint density at radius 2 is 1.76 bits per heavy atom. The molecule has 25 heavy (non-hydrogen) atoms. The zero-order valence-electron chi connectivity index (χ0n) is 14.0. The molecule has 0 aliphatic heterocycles. The van der Waals surface area contributed by atoms with E-state index in [0.29, 0.717) is 5.56 Å². The minimum atomic E-state index is -3.01. The zero-order valence-corrected chi connectivity index (χ0v) is 14.0. The summed E-state index contributed by atoms with van der Waals surface area (Å²) >= 11 is 0. The molecule has 1 aromatic carbocycles. The molecule has 0 fully saturated rings. The molecule has 0 bridgehead atoms. The lowest BCUT2D eigenvalue weighted by molar-refractivity contribution is 0.0514. The molecule has 1 heterocycles. The molecule has 0 aliphatic rings. The SMILES string of the molecule is CCOC(=O)c1c(C(F)F)nc(C)c(C(=O)OC)c1-c1ccccc1. The topological polar surface area (TPSA) is 65.5 Å². The Morgan fingerprint density at radius 1 is 1.12 bits per heavy atom. The van der Waals surface area contributed by atoms with Crippen LogP contribution in [0.25, 0.3) is 11.1 Å². The second-order valence-corrected chi connectivity index (χ2v) is 5.09. The van der Waals surface area contributed by atoms with Gasteiger partial charge in [-0.1, -0.05) is 30.3 Å². The molecule has 2 rings (SSSR count). The van der Waals surface area contributed by atoms with Gasteiger partial charge in [-0.25, -0.2) is 18.4 Å². The fourth-order valence-corrected chi connectivity index (χ4v) is 2.54. The standard InChI is InChI=1S/C18H17F2NO4/c1-4-25-18(23)14-13(11-8-6-5-7-9-11)12(17(22)24-3)10(2)21-15(14)16(19)20/h5-9,16H,4H2,1-3H3. The number of alkyl halides is 2. The third-order valence-corrected chi connectivity index (χ3v) is 3.54. The number of hydrogen-bond donors (Lipinski definition) is 0. The van der Waals surface area contributed by atoms with Crippen molar-refractivity contribution in [1.82, 2.24) is 4.98 Å². The predicted molar refractivity (Wildman–Crippen MR) is 86.7 cm³/mol. The molecule has 0 saturated carbocycles. The number of esters is 2. The first-order valence-corrected chi connectivity index (χ1v) is 7.55. The Labute approximate surface area is 143 Å². The van der Waals surface area contributed by atoms with Crippen molar-refractivity contribution in [3.63, 3.8) is 0 Å². The maximum atomic E-state index is 13.5. The number of ether oxygens (including phenoxy) is 2. The Bertz CT molecular complexity index is 791. The minimum Gasteiger partial charge on any atom is -0.465 e. The lowest BCUT2D eigenvalue weighted by Gasteiger charge is -2.18. The van der Waals surface area contributed by atoms with Crippen LogP contribution in [0.2, 0.25) is 0 Å². The summed E-state index contributed by atoms with van der Waals surface area (Å²) in [6.07, 6.45) is -3.01. The van der Waals surface area contributed by atoms with Gasteiger partial charge in [0.25, 0.3) is 6.43 Å². The van der Waals surface area contributed by atoms with Gasteiger partial charge in [0.15, 0.2) is 0 Å². The number of methoxy groups -OCH3 is 1. The highest BCUT2D eigenvalue weighted by molar-refractivity contribution is 6.07. The van der Waals surface area contributed by atoms with Crippen LogP contribution < -0.4 is 0 Å². The Hall–Kier alpha value is -2.83. The summed E-state index contributed by atoms with van der Waals surface area (Å²) in [5, 5.41) is 0. The number of carbonyl (C=O) groups is 2. The van der Waals surface area contributed by atoms with Gasteiger partial charge in [-0.2, -0.15) is 0 Å². The zero-order chi connectivity index (χ0) is 18.6. The van der Waals surface area contributed by atoms with Gasteiger partial charge in [-0.15, -0.1) is 0 Å². The normalized spacial score (nSPS) is 10.6. The van der Waals surface area contributed by atoms with Gasteiger partial charge < -0.3 is 9.47 Å². The van der Waals surface area contributed by atoms with Crippen molar-refractivity contribution in [3.8, 4) is 11.1 Å². The highest BCUT2D eigenvalue weighted by Crippen LogP contribution is 2.35. The van der Waals surface area contributed by atoms with Crippen molar-refractivity contribution in [2.24, 2.45) is 0 Å². The Morgan fingerprint density at radius 3 is 2.28 bits per heavy atom. The van der Waals surface area contributed by atoms with Crippen molar-refractivity contribution < 1.29 is 27.8 Å². The maximum Gasteiger partial charge on any atom is 0.340 e. The second-order valence-electron chi connectivity index (χ2n) is 5.09. The van der Waals surface area contributed by atoms with E-state index in [1.54, 1.807) is 37.3 Å². The number of aryl methyl sites for hydroxylation is 1. The van der Waals surface area contributed by atoms with Crippen LogP contribution in [0, 0.1) is 6.92 Å². The fraction of sp³-hybridized carbons (Fsp3) is 0.278. The molecule has 1 aromatic heterocycles. The van der Waals surface area contributed by atoms with E-state index in [1.165, 1.54) is 14.0 Å². The van der Waals surface area contributed by atoms with Crippen LogP contribution >= 0.6 is 0 Å². The number of aromatic nitrogens is 1. The van der Waals surface area contributed by atoms with Gasteiger partial charge in [0, 0.05) is 5.56 Å². The van der Waals surface area contributed by atoms with E-state index in [-0.39, 0.29) is 23.4 Å². The van der Waals surface area contributed by atoms with E-state index >= 15 is 0 Å². The van der Waals surface area contributed by atoms with Crippen molar-refractivity contribution in [2.75, 3.05) is 13.7 Å². The molecule has 0 unspecified atom stereocenters. The van der Waals surface area contributed by atoms with Crippen molar-refractivity contribution >= 4 is 11.9 Å². The number of rotatable bonds is 5. The Balaban J connectivity index is 2.94. The average Bonchev–Trinajstić information content (AvgIpc) is 2.60. The van der Waals surface area contributed by atoms with Crippen molar-refractivity contribution in [3.05, 3.63) is 52.8 Å². The van der Waals surface area contributed by atoms with Gasteiger partial charge in [-0.3, -0.25) is 4.98 Å². The summed E-state index contributed by atoms with van der Waals surface area (Å²) in [5.41, 5.74) is -0.682. The first-order chi connectivity index (χ1) is 11.9. The molecule has 0 radical (unpaired) electrons. The average molecular weight is 349 g/mol. The monoisotopic (exact) mass is 349 g/mol. The summed E-state index contributed by atoms with van der Waals surface area (Å²) in [6.45, 7) is 2.97. The van der Waals surface area contributed by atoms with Crippen LogP contribution in [0.3, 0.4) is 0 Å².